The smallest absolute Gasteiger partial charge is 0.0380 e. The lowest BCUT2D eigenvalue weighted by atomic mass is 10.1. The summed E-state index contributed by atoms with van der Waals surface area (Å²) in [5.74, 6) is 0.713. The van der Waals surface area contributed by atoms with E-state index in [9.17, 15) is 0 Å². The van der Waals surface area contributed by atoms with Crippen LogP contribution >= 0.6 is 31.9 Å². The fourth-order valence-electron chi connectivity index (χ4n) is 2.07. The van der Waals surface area contributed by atoms with Gasteiger partial charge in [0.2, 0.25) is 0 Å². The summed E-state index contributed by atoms with van der Waals surface area (Å²) in [6.07, 6.45) is 2.70. The van der Waals surface area contributed by atoms with Gasteiger partial charge in [0.25, 0.3) is 0 Å². The van der Waals surface area contributed by atoms with Crippen molar-refractivity contribution in [2.24, 2.45) is 5.92 Å². The minimum Gasteiger partial charge on any atom is -0.368 e. The van der Waals surface area contributed by atoms with Gasteiger partial charge in [0, 0.05) is 28.1 Å². The number of anilines is 1. The standard InChI is InChI=1S/C14H19Br2N/c1-10(2)9-17(12-5-6-12)13-4-3-11(8-15)14(16)7-13/h3-4,7,10,12H,5-6,8-9H2,1-2H3. The summed E-state index contributed by atoms with van der Waals surface area (Å²) in [5, 5.41) is 0.904. The van der Waals surface area contributed by atoms with E-state index >= 15 is 0 Å². The van der Waals surface area contributed by atoms with Crippen LogP contribution in [0.4, 0.5) is 5.69 Å². The average Bonchev–Trinajstić information content (AvgIpc) is 3.09. The van der Waals surface area contributed by atoms with Gasteiger partial charge in [-0.3, -0.25) is 0 Å². The van der Waals surface area contributed by atoms with Crippen molar-refractivity contribution in [3.8, 4) is 0 Å². The number of nitrogens with zero attached hydrogens (tertiary/aromatic N) is 1. The summed E-state index contributed by atoms with van der Waals surface area (Å²) in [6, 6.07) is 7.50. The van der Waals surface area contributed by atoms with E-state index < -0.39 is 0 Å². The van der Waals surface area contributed by atoms with Crippen LogP contribution in [0.1, 0.15) is 32.3 Å². The molecule has 2 rings (SSSR count). The third-order valence-electron chi connectivity index (χ3n) is 3.06. The molecule has 1 nitrogen and oxygen atoms in total. The Hall–Kier alpha value is -0.0200. The molecular weight excluding hydrogens is 342 g/mol. The molecule has 0 aromatic heterocycles. The fraction of sp³-hybridized carbons (Fsp3) is 0.571. The number of hydrogen-bond acceptors (Lipinski definition) is 1. The summed E-state index contributed by atoms with van der Waals surface area (Å²) in [5.41, 5.74) is 2.67. The molecule has 17 heavy (non-hydrogen) atoms. The zero-order valence-corrected chi connectivity index (χ0v) is 13.6. The van der Waals surface area contributed by atoms with Crippen LogP contribution in [-0.4, -0.2) is 12.6 Å². The van der Waals surface area contributed by atoms with Crippen LogP contribution in [-0.2, 0) is 5.33 Å². The Morgan fingerprint density at radius 2 is 2.06 bits per heavy atom. The van der Waals surface area contributed by atoms with E-state index in [1.54, 1.807) is 0 Å². The predicted molar refractivity (Wildman–Crippen MR) is 82.0 cm³/mol. The van der Waals surface area contributed by atoms with Crippen molar-refractivity contribution in [3.05, 3.63) is 28.2 Å². The Morgan fingerprint density at radius 3 is 2.53 bits per heavy atom. The maximum absolute atomic E-state index is 3.65. The summed E-state index contributed by atoms with van der Waals surface area (Å²) in [7, 11) is 0. The second-order valence-electron chi connectivity index (χ2n) is 5.19. The Kier molecular flexibility index (Phi) is 4.53. The number of benzene rings is 1. The SMILES string of the molecule is CC(C)CN(c1ccc(CBr)c(Br)c1)C1CC1. The second-order valence-corrected chi connectivity index (χ2v) is 6.60. The lowest BCUT2D eigenvalue weighted by Gasteiger charge is -2.27. The molecule has 0 amide bonds. The lowest BCUT2D eigenvalue weighted by Crippen LogP contribution is -2.29. The van der Waals surface area contributed by atoms with Gasteiger partial charge in [0.15, 0.2) is 0 Å². The number of hydrogen-bond donors (Lipinski definition) is 0. The van der Waals surface area contributed by atoms with Gasteiger partial charge in [-0.05, 0) is 36.5 Å². The molecule has 1 saturated carbocycles. The number of alkyl halides is 1. The fourth-order valence-corrected chi connectivity index (χ4v) is 3.44. The van der Waals surface area contributed by atoms with Gasteiger partial charge < -0.3 is 4.90 Å². The maximum atomic E-state index is 3.65. The predicted octanol–water partition coefficient (Wildman–Crippen LogP) is 4.97. The van der Waals surface area contributed by atoms with E-state index in [0.29, 0.717) is 5.92 Å². The molecule has 0 aliphatic heterocycles. The largest absolute Gasteiger partial charge is 0.368 e. The zero-order valence-electron chi connectivity index (χ0n) is 10.4. The maximum Gasteiger partial charge on any atom is 0.0380 e. The van der Waals surface area contributed by atoms with Crippen molar-refractivity contribution in [1.82, 2.24) is 0 Å². The van der Waals surface area contributed by atoms with E-state index in [-0.39, 0.29) is 0 Å². The first kappa shape index (κ1) is 13.4. The summed E-state index contributed by atoms with van der Waals surface area (Å²) in [6.45, 7) is 5.74. The van der Waals surface area contributed by atoms with Crippen molar-refractivity contribution in [2.75, 3.05) is 11.4 Å². The topological polar surface area (TPSA) is 3.24 Å². The molecule has 0 unspecified atom stereocenters. The Morgan fingerprint density at radius 1 is 1.35 bits per heavy atom. The third-order valence-corrected chi connectivity index (χ3v) is 4.40. The highest BCUT2D eigenvalue weighted by atomic mass is 79.9. The highest BCUT2D eigenvalue weighted by molar-refractivity contribution is 9.10. The van der Waals surface area contributed by atoms with Gasteiger partial charge in [0.1, 0.15) is 0 Å². The van der Waals surface area contributed by atoms with Crippen LogP contribution in [0.25, 0.3) is 0 Å². The molecule has 0 bridgehead atoms. The van der Waals surface area contributed by atoms with Crippen molar-refractivity contribution in [1.29, 1.82) is 0 Å². The van der Waals surface area contributed by atoms with E-state index in [0.717, 1.165) is 17.9 Å². The first-order chi connectivity index (χ1) is 8.11. The van der Waals surface area contributed by atoms with Gasteiger partial charge in [-0.1, -0.05) is 51.8 Å². The highest BCUT2D eigenvalue weighted by Crippen LogP contribution is 2.34. The molecule has 0 heterocycles. The van der Waals surface area contributed by atoms with Gasteiger partial charge in [0.05, 0.1) is 0 Å². The Balaban J connectivity index is 2.20. The van der Waals surface area contributed by atoms with Crippen LogP contribution < -0.4 is 4.90 Å². The zero-order chi connectivity index (χ0) is 12.4. The van der Waals surface area contributed by atoms with Crippen LogP contribution in [0.5, 0.6) is 0 Å². The van der Waals surface area contributed by atoms with Crippen molar-refractivity contribution in [3.63, 3.8) is 0 Å². The van der Waals surface area contributed by atoms with Crippen molar-refractivity contribution >= 4 is 37.5 Å². The Labute approximate surface area is 121 Å². The quantitative estimate of drug-likeness (QED) is 0.670. The first-order valence-corrected chi connectivity index (χ1v) is 8.14. The van der Waals surface area contributed by atoms with Gasteiger partial charge in [-0.25, -0.2) is 0 Å². The van der Waals surface area contributed by atoms with Gasteiger partial charge in [-0.2, -0.15) is 0 Å². The molecule has 94 valence electrons. The van der Waals surface area contributed by atoms with Crippen LogP contribution in [0, 0.1) is 5.92 Å². The summed E-state index contributed by atoms with van der Waals surface area (Å²) < 4.78 is 1.21. The number of halogens is 2. The molecule has 0 radical (unpaired) electrons. The third kappa shape index (κ3) is 3.47. The second kappa shape index (κ2) is 5.75. The van der Waals surface area contributed by atoms with E-state index in [4.69, 9.17) is 0 Å². The monoisotopic (exact) mass is 359 g/mol. The molecule has 1 aliphatic carbocycles. The van der Waals surface area contributed by atoms with Gasteiger partial charge >= 0.3 is 0 Å². The Bertz CT molecular complexity index is 386. The minimum atomic E-state index is 0.713. The lowest BCUT2D eigenvalue weighted by molar-refractivity contribution is 0.607. The average molecular weight is 361 g/mol. The van der Waals surface area contributed by atoms with E-state index in [2.05, 4.69) is 68.8 Å². The van der Waals surface area contributed by atoms with Crippen molar-refractivity contribution < 1.29 is 0 Å². The van der Waals surface area contributed by atoms with Crippen LogP contribution in [0.15, 0.2) is 22.7 Å². The molecule has 0 atom stereocenters. The summed E-state index contributed by atoms with van der Waals surface area (Å²) >= 11 is 7.16. The van der Waals surface area contributed by atoms with E-state index in [1.165, 1.54) is 28.6 Å². The molecule has 0 N–H and O–H groups in total. The van der Waals surface area contributed by atoms with Crippen molar-refractivity contribution in [2.45, 2.75) is 38.1 Å². The summed E-state index contributed by atoms with van der Waals surface area (Å²) in [4.78, 5) is 2.56. The molecule has 1 aromatic carbocycles. The normalized spacial score (nSPS) is 15.4. The molecule has 0 saturated heterocycles. The molecule has 1 fully saturated rings. The number of rotatable bonds is 5. The van der Waals surface area contributed by atoms with Crippen LogP contribution in [0.2, 0.25) is 0 Å². The molecule has 3 heteroatoms. The van der Waals surface area contributed by atoms with Crippen LogP contribution in [0.3, 0.4) is 0 Å². The molecular formula is C14H19Br2N. The van der Waals surface area contributed by atoms with Gasteiger partial charge in [-0.15, -0.1) is 0 Å². The van der Waals surface area contributed by atoms with E-state index in [1.807, 2.05) is 0 Å². The first-order valence-electron chi connectivity index (χ1n) is 6.23. The minimum absolute atomic E-state index is 0.713. The molecule has 1 aromatic rings. The molecule has 1 aliphatic rings. The molecule has 0 spiro atoms. The highest BCUT2D eigenvalue weighted by Gasteiger charge is 2.29.